The second-order valence-electron chi connectivity index (χ2n) is 10.4. The van der Waals surface area contributed by atoms with Crippen molar-refractivity contribution >= 4 is 17.7 Å². The number of rotatable bonds is 8. The first-order valence-electron chi connectivity index (χ1n) is 13.7. The van der Waals surface area contributed by atoms with Crippen LogP contribution in [0.5, 0.6) is 23.0 Å². The van der Waals surface area contributed by atoms with E-state index in [9.17, 15) is 18.0 Å². The third-order valence-corrected chi connectivity index (χ3v) is 7.81. The number of amides is 1. The number of aromatic nitrogens is 2. The van der Waals surface area contributed by atoms with E-state index in [4.69, 9.17) is 24.0 Å². The Labute approximate surface area is 247 Å². The van der Waals surface area contributed by atoms with Crippen molar-refractivity contribution in [1.82, 2.24) is 14.8 Å². The zero-order chi connectivity index (χ0) is 30.9. The Kier molecular flexibility index (Phi) is 8.38. The fourth-order valence-electron chi connectivity index (χ4n) is 5.73. The second-order valence-corrected chi connectivity index (χ2v) is 10.4. The first-order valence-corrected chi connectivity index (χ1v) is 13.7. The number of methoxy groups -OCH3 is 4. The van der Waals surface area contributed by atoms with Gasteiger partial charge in [-0.1, -0.05) is 12.1 Å². The smallest absolute Gasteiger partial charge is 0.435 e. The molecule has 2 atom stereocenters. The number of hydrazone groups is 1. The number of alkyl halides is 3. The number of nitrogens with zero attached hydrogens (tertiary/aromatic N) is 4. The highest BCUT2D eigenvalue weighted by atomic mass is 19.4. The van der Waals surface area contributed by atoms with Crippen molar-refractivity contribution in [3.63, 3.8) is 0 Å². The molecule has 1 aromatic heterocycles. The Hall–Kier alpha value is -4.48. The van der Waals surface area contributed by atoms with Crippen molar-refractivity contribution in [2.24, 2.45) is 11.0 Å². The molecule has 5 rings (SSSR count). The summed E-state index contributed by atoms with van der Waals surface area (Å²) >= 11 is 0. The Morgan fingerprint density at radius 3 is 2.23 bits per heavy atom. The fourth-order valence-corrected chi connectivity index (χ4v) is 5.73. The van der Waals surface area contributed by atoms with Crippen LogP contribution in [-0.4, -0.2) is 54.8 Å². The van der Waals surface area contributed by atoms with Crippen molar-refractivity contribution in [3.05, 3.63) is 70.6 Å². The molecule has 0 unspecified atom stereocenters. The van der Waals surface area contributed by atoms with Crippen molar-refractivity contribution in [2.45, 2.75) is 44.9 Å². The standard InChI is InChI=1S/C31H33F3N4O5/c1-18-13-27(31(32,33)34)35-37(18)17-28(39)38-30(21-10-12-24(41-3)26(16-21)43-5)22-8-6-7-20(29(22)36-38)14-19-9-11-23(40-2)25(15-19)42-4/h9-16,22,30H,6-8,17H2,1-5H3/b20-14+/t22-,30-/m1/s1. The molecule has 0 spiro atoms. The van der Waals surface area contributed by atoms with Gasteiger partial charge in [-0.15, -0.1) is 0 Å². The average Bonchev–Trinajstić information content (AvgIpc) is 3.58. The number of hydrogen-bond acceptors (Lipinski definition) is 7. The van der Waals surface area contributed by atoms with Gasteiger partial charge in [-0.2, -0.15) is 23.4 Å². The number of carbonyl (C=O) groups is 1. The van der Waals surface area contributed by atoms with Gasteiger partial charge in [0, 0.05) is 11.6 Å². The number of carbonyl (C=O) groups excluding carboxylic acids is 1. The van der Waals surface area contributed by atoms with E-state index in [1.165, 1.54) is 26.2 Å². The minimum absolute atomic E-state index is 0.147. The monoisotopic (exact) mass is 598 g/mol. The van der Waals surface area contributed by atoms with Gasteiger partial charge in [0.15, 0.2) is 28.7 Å². The summed E-state index contributed by atoms with van der Waals surface area (Å²) in [7, 11) is 6.22. The molecule has 228 valence electrons. The van der Waals surface area contributed by atoms with Crippen LogP contribution in [0.2, 0.25) is 0 Å². The lowest BCUT2D eigenvalue weighted by Crippen LogP contribution is -2.34. The molecule has 12 heteroatoms. The number of fused-ring (bicyclic) bond motifs is 1. The van der Waals surface area contributed by atoms with E-state index in [1.54, 1.807) is 20.3 Å². The first kappa shape index (κ1) is 30.0. The molecule has 3 aromatic rings. The van der Waals surface area contributed by atoms with Gasteiger partial charge in [-0.05, 0) is 79.3 Å². The second kappa shape index (κ2) is 12.0. The van der Waals surface area contributed by atoms with Gasteiger partial charge >= 0.3 is 6.18 Å². The molecular formula is C31H33F3N4O5. The predicted octanol–water partition coefficient (Wildman–Crippen LogP) is 6.07. The molecule has 1 fully saturated rings. The number of aryl methyl sites for hydroxylation is 1. The fraction of sp³-hybridized carbons (Fsp3) is 0.387. The van der Waals surface area contributed by atoms with Crippen LogP contribution in [0.15, 0.2) is 53.1 Å². The summed E-state index contributed by atoms with van der Waals surface area (Å²) in [4.78, 5) is 13.8. The van der Waals surface area contributed by atoms with E-state index < -0.39 is 30.4 Å². The van der Waals surface area contributed by atoms with Crippen LogP contribution in [-0.2, 0) is 17.5 Å². The van der Waals surface area contributed by atoms with Gasteiger partial charge < -0.3 is 18.9 Å². The number of benzene rings is 2. The van der Waals surface area contributed by atoms with Crippen LogP contribution < -0.4 is 18.9 Å². The van der Waals surface area contributed by atoms with Gasteiger partial charge in [0.2, 0.25) is 0 Å². The van der Waals surface area contributed by atoms with Gasteiger partial charge in [0.25, 0.3) is 5.91 Å². The van der Waals surface area contributed by atoms with Crippen molar-refractivity contribution in [3.8, 4) is 23.0 Å². The van der Waals surface area contributed by atoms with Crippen LogP contribution in [0.25, 0.3) is 6.08 Å². The highest BCUT2D eigenvalue weighted by Gasteiger charge is 2.44. The summed E-state index contributed by atoms with van der Waals surface area (Å²) in [5.74, 6) is 1.60. The van der Waals surface area contributed by atoms with E-state index in [2.05, 4.69) is 5.10 Å². The summed E-state index contributed by atoms with van der Waals surface area (Å²) in [5, 5.41) is 9.89. The summed E-state index contributed by atoms with van der Waals surface area (Å²) in [5.41, 5.74) is 2.57. The van der Waals surface area contributed by atoms with Crippen LogP contribution in [0.1, 0.15) is 47.8 Å². The van der Waals surface area contributed by atoms with Gasteiger partial charge in [0.1, 0.15) is 6.54 Å². The quantitative estimate of drug-likeness (QED) is 0.313. The van der Waals surface area contributed by atoms with Gasteiger partial charge in [-0.25, -0.2) is 5.01 Å². The van der Waals surface area contributed by atoms with Crippen molar-refractivity contribution < 1.29 is 36.9 Å². The maximum absolute atomic E-state index is 13.8. The molecule has 2 aromatic carbocycles. The normalized spacial score (nSPS) is 19.2. The Morgan fingerprint density at radius 2 is 1.60 bits per heavy atom. The molecule has 1 saturated carbocycles. The van der Waals surface area contributed by atoms with Crippen LogP contribution in [0.4, 0.5) is 13.2 Å². The maximum Gasteiger partial charge on any atom is 0.435 e. The van der Waals surface area contributed by atoms with Gasteiger partial charge in [-0.3, -0.25) is 9.48 Å². The van der Waals surface area contributed by atoms with Crippen LogP contribution in [0, 0.1) is 12.8 Å². The Balaban J connectivity index is 1.55. The number of halogens is 3. The molecule has 0 radical (unpaired) electrons. The van der Waals surface area contributed by atoms with Crippen molar-refractivity contribution in [1.29, 1.82) is 0 Å². The highest BCUT2D eigenvalue weighted by molar-refractivity contribution is 6.08. The van der Waals surface area contributed by atoms with Crippen LogP contribution >= 0.6 is 0 Å². The Bertz CT molecular complexity index is 1580. The molecule has 43 heavy (non-hydrogen) atoms. The number of ether oxygens (including phenoxy) is 4. The molecule has 1 aliphatic heterocycles. The molecule has 1 aliphatic carbocycles. The minimum atomic E-state index is -4.62. The largest absolute Gasteiger partial charge is 0.493 e. The summed E-state index contributed by atoms with van der Waals surface area (Å²) in [6.07, 6.45) is -0.211. The van der Waals surface area contributed by atoms with Crippen molar-refractivity contribution in [2.75, 3.05) is 28.4 Å². The third kappa shape index (κ3) is 5.91. The van der Waals surface area contributed by atoms with E-state index in [-0.39, 0.29) is 11.6 Å². The zero-order valence-corrected chi connectivity index (χ0v) is 24.6. The first-order chi connectivity index (χ1) is 20.6. The summed E-state index contributed by atoms with van der Waals surface area (Å²) < 4.78 is 62.8. The molecule has 0 N–H and O–H groups in total. The van der Waals surface area contributed by atoms with E-state index in [0.29, 0.717) is 23.0 Å². The minimum Gasteiger partial charge on any atom is -0.493 e. The lowest BCUT2D eigenvalue weighted by molar-refractivity contribution is -0.142. The third-order valence-electron chi connectivity index (χ3n) is 7.81. The van der Waals surface area contributed by atoms with E-state index in [0.717, 1.165) is 52.4 Å². The van der Waals surface area contributed by atoms with E-state index >= 15 is 0 Å². The predicted molar refractivity (Wildman–Crippen MR) is 153 cm³/mol. The molecule has 1 amide bonds. The molecule has 2 heterocycles. The van der Waals surface area contributed by atoms with Crippen LogP contribution in [0.3, 0.4) is 0 Å². The molecule has 9 nitrogen and oxygen atoms in total. The molecule has 0 bridgehead atoms. The topological polar surface area (TPSA) is 87.4 Å². The summed E-state index contributed by atoms with van der Waals surface area (Å²) in [6, 6.07) is 11.5. The molecular weight excluding hydrogens is 565 g/mol. The Morgan fingerprint density at radius 1 is 0.953 bits per heavy atom. The zero-order valence-electron chi connectivity index (χ0n) is 24.6. The maximum atomic E-state index is 13.8. The molecule has 0 saturated heterocycles. The highest BCUT2D eigenvalue weighted by Crippen LogP contribution is 2.46. The summed E-state index contributed by atoms with van der Waals surface area (Å²) in [6.45, 7) is 1.09. The number of allylic oxidation sites excluding steroid dienone is 1. The lowest BCUT2D eigenvalue weighted by Gasteiger charge is -2.30. The lowest BCUT2D eigenvalue weighted by atomic mass is 9.77. The average molecular weight is 599 g/mol. The number of hydrogen-bond donors (Lipinski definition) is 0. The SMILES string of the molecule is COc1ccc(/C=C2\CCC[C@@H]3C2=NN(C(=O)Cn2nc(C(F)(F)F)cc2C)[C@@H]3c2ccc(OC)c(OC)c2)cc1OC. The van der Waals surface area contributed by atoms with E-state index in [1.807, 2.05) is 36.4 Å². The van der Waals surface area contributed by atoms with Gasteiger partial charge in [0.05, 0.1) is 40.2 Å². The molecule has 2 aliphatic rings.